The molecule has 0 saturated carbocycles. The van der Waals surface area contributed by atoms with Gasteiger partial charge in [-0.1, -0.05) is 84.9 Å². The summed E-state index contributed by atoms with van der Waals surface area (Å²) in [6.45, 7) is 4.37. The van der Waals surface area contributed by atoms with Gasteiger partial charge in [0.2, 0.25) is 0 Å². The first kappa shape index (κ1) is 28.0. The summed E-state index contributed by atoms with van der Waals surface area (Å²) in [5.74, 6) is 0. The van der Waals surface area contributed by atoms with Gasteiger partial charge in [-0.2, -0.15) is 0 Å². The van der Waals surface area contributed by atoms with E-state index in [0.717, 1.165) is 39.3 Å². The van der Waals surface area contributed by atoms with Gasteiger partial charge < -0.3 is 4.90 Å². The lowest BCUT2D eigenvalue weighted by atomic mass is 9.93. The van der Waals surface area contributed by atoms with Gasteiger partial charge in [0.25, 0.3) is 0 Å². The predicted molar refractivity (Wildman–Crippen MR) is 188 cm³/mol. The molecule has 0 atom stereocenters. The molecule has 0 N–H and O–H groups in total. The largest absolute Gasteiger partial charge is 0.310 e. The number of hydrogen-bond acceptors (Lipinski definition) is 3. The number of pyridine rings is 2. The number of aryl methyl sites for hydroxylation is 2. The van der Waals surface area contributed by atoms with Crippen molar-refractivity contribution in [3.8, 4) is 44.5 Å². The average Bonchev–Trinajstić information content (AvgIpc) is 3.10. The van der Waals surface area contributed by atoms with E-state index in [9.17, 15) is 0 Å². The topological polar surface area (TPSA) is 29.0 Å². The van der Waals surface area contributed by atoms with Crippen LogP contribution in [0, 0.1) is 13.8 Å². The Hall–Kier alpha value is -5.80. The van der Waals surface area contributed by atoms with Crippen molar-refractivity contribution in [1.82, 2.24) is 9.97 Å². The molecule has 0 fully saturated rings. The van der Waals surface area contributed by atoms with Crippen LogP contribution in [0.3, 0.4) is 0 Å². The van der Waals surface area contributed by atoms with Crippen LogP contribution in [0.1, 0.15) is 11.1 Å². The van der Waals surface area contributed by atoms with Crippen molar-refractivity contribution in [1.29, 1.82) is 0 Å². The maximum absolute atomic E-state index is 4.31. The summed E-state index contributed by atoms with van der Waals surface area (Å²) < 4.78 is 0. The van der Waals surface area contributed by atoms with Gasteiger partial charge in [0.1, 0.15) is 0 Å². The minimum Gasteiger partial charge on any atom is -0.310 e. The molecule has 3 heteroatoms. The normalized spacial score (nSPS) is 10.9. The highest BCUT2D eigenvalue weighted by atomic mass is 15.1. The number of rotatable bonds is 7. The fourth-order valence-corrected chi connectivity index (χ4v) is 5.91. The highest BCUT2D eigenvalue weighted by Crippen LogP contribution is 2.39. The molecular weight excluding hydrogens is 546 g/mol. The second-order valence-corrected chi connectivity index (χ2v) is 11.3. The van der Waals surface area contributed by atoms with Crippen molar-refractivity contribution in [2.75, 3.05) is 4.90 Å². The van der Waals surface area contributed by atoms with E-state index in [1.165, 1.54) is 33.4 Å². The molecule has 0 bridgehead atoms. The molecule has 0 unspecified atom stereocenters. The molecule has 7 rings (SSSR count). The molecule has 0 saturated heterocycles. The molecule has 45 heavy (non-hydrogen) atoms. The highest BCUT2D eigenvalue weighted by Gasteiger charge is 2.15. The van der Waals surface area contributed by atoms with E-state index in [-0.39, 0.29) is 0 Å². The van der Waals surface area contributed by atoms with E-state index in [1.54, 1.807) is 12.4 Å². The van der Waals surface area contributed by atoms with Crippen molar-refractivity contribution < 1.29 is 0 Å². The van der Waals surface area contributed by atoms with Crippen LogP contribution in [0.4, 0.5) is 17.1 Å². The molecule has 0 radical (unpaired) electrons. The molecule has 216 valence electrons. The lowest BCUT2D eigenvalue weighted by molar-refractivity contribution is 1.28. The first-order chi connectivity index (χ1) is 22.1. The van der Waals surface area contributed by atoms with Crippen LogP contribution in [0.15, 0.2) is 164 Å². The first-order valence-corrected chi connectivity index (χ1v) is 15.2. The maximum atomic E-state index is 4.31. The molecule has 0 aliphatic carbocycles. The van der Waals surface area contributed by atoms with Crippen molar-refractivity contribution in [2.45, 2.75) is 13.8 Å². The molecule has 7 aromatic rings. The Labute approximate surface area is 265 Å². The third-order valence-corrected chi connectivity index (χ3v) is 8.35. The third kappa shape index (κ3) is 5.89. The molecule has 2 aromatic heterocycles. The van der Waals surface area contributed by atoms with Gasteiger partial charge in [0.05, 0.1) is 0 Å². The Bertz CT molecular complexity index is 1970. The Morgan fingerprint density at radius 3 is 1.49 bits per heavy atom. The second kappa shape index (κ2) is 12.4. The first-order valence-electron chi connectivity index (χ1n) is 15.2. The molecule has 5 aromatic carbocycles. The van der Waals surface area contributed by atoms with Gasteiger partial charge in [0.15, 0.2) is 0 Å². The molecular formula is C42H33N3. The van der Waals surface area contributed by atoms with E-state index < -0.39 is 0 Å². The van der Waals surface area contributed by atoms with Crippen LogP contribution in [-0.2, 0) is 0 Å². The van der Waals surface area contributed by atoms with E-state index in [0.29, 0.717) is 0 Å². The number of anilines is 3. The van der Waals surface area contributed by atoms with Crippen molar-refractivity contribution in [3.05, 3.63) is 175 Å². The molecule has 0 amide bonds. The molecule has 3 nitrogen and oxygen atoms in total. The fraction of sp³-hybridized carbons (Fsp3) is 0.0476. The summed E-state index contributed by atoms with van der Waals surface area (Å²) in [4.78, 5) is 10.9. The third-order valence-electron chi connectivity index (χ3n) is 8.35. The van der Waals surface area contributed by atoms with E-state index in [4.69, 9.17) is 0 Å². The maximum Gasteiger partial charge on any atom is 0.0467 e. The quantitative estimate of drug-likeness (QED) is 0.188. The zero-order valence-electron chi connectivity index (χ0n) is 25.4. The summed E-state index contributed by atoms with van der Waals surface area (Å²) in [5.41, 5.74) is 15.2. The van der Waals surface area contributed by atoms with Gasteiger partial charge in [-0.25, -0.2) is 0 Å². The van der Waals surface area contributed by atoms with Gasteiger partial charge in [-0.05, 0) is 124 Å². The Balaban J connectivity index is 1.31. The Morgan fingerprint density at radius 1 is 0.378 bits per heavy atom. The SMILES string of the molecule is Cc1ccccc1-c1cc(-c2cccc(N(c3ccc(-c4cccnc4)cc3)c3ccc(-c4cccnc4)cc3)c2)ccc1C. The van der Waals surface area contributed by atoms with Gasteiger partial charge in [0, 0.05) is 41.8 Å². The number of hydrogen-bond donors (Lipinski definition) is 0. The van der Waals surface area contributed by atoms with Crippen LogP contribution in [0.5, 0.6) is 0 Å². The monoisotopic (exact) mass is 579 g/mol. The Kier molecular flexibility index (Phi) is 7.74. The summed E-state index contributed by atoms with van der Waals surface area (Å²) in [5, 5.41) is 0. The lowest BCUT2D eigenvalue weighted by Crippen LogP contribution is -2.10. The van der Waals surface area contributed by atoms with Crippen molar-refractivity contribution in [3.63, 3.8) is 0 Å². The van der Waals surface area contributed by atoms with Gasteiger partial charge >= 0.3 is 0 Å². The molecule has 0 aliphatic heterocycles. The Morgan fingerprint density at radius 2 is 0.911 bits per heavy atom. The van der Waals surface area contributed by atoms with Gasteiger partial charge in [-0.15, -0.1) is 0 Å². The fourth-order valence-electron chi connectivity index (χ4n) is 5.91. The van der Waals surface area contributed by atoms with Crippen molar-refractivity contribution in [2.24, 2.45) is 0 Å². The zero-order chi connectivity index (χ0) is 30.6. The predicted octanol–water partition coefficient (Wildman–Crippen LogP) is 11.2. The average molecular weight is 580 g/mol. The summed E-state index contributed by atoms with van der Waals surface area (Å²) >= 11 is 0. The summed E-state index contributed by atoms with van der Waals surface area (Å²) in [6, 6.07) is 49.8. The van der Waals surface area contributed by atoms with Crippen molar-refractivity contribution >= 4 is 17.1 Å². The van der Waals surface area contributed by atoms with Crippen LogP contribution in [0.2, 0.25) is 0 Å². The van der Waals surface area contributed by atoms with E-state index in [2.05, 4.69) is 156 Å². The smallest absolute Gasteiger partial charge is 0.0467 e. The highest BCUT2D eigenvalue weighted by molar-refractivity contribution is 5.83. The number of aromatic nitrogens is 2. The van der Waals surface area contributed by atoms with Crippen LogP contribution >= 0.6 is 0 Å². The van der Waals surface area contributed by atoms with E-state index in [1.807, 2.05) is 24.5 Å². The number of nitrogens with zero attached hydrogens (tertiary/aromatic N) is 3. The minimum absolute atomic E-state index is 1.08. The summed E-state index contributed by atoms with van der Waals surface area (Å²) in [7, 11) is 0. The zero-order valence-corrected chi connectivity index (χ0v) is 25.4. The second-order valence-electron chi connectivity index (χ2n) is 11.3. The van der Waals surface area contributed by atoms with Crippen LogP contribution in [0.25, 0.3) is 44.5 Å². The minimum atomic E-state index is 1.08. The standard InChI is InChI=1S/C42H33N3/c1-30-8-3-4-13-41(30)42-27-35(15-14-31(42)2)34-9-5-12-40(26-34)45(38-20-16-32(17-21-38)36-10-6-24-43-28-36)39-22-18-33(19-23-39)37-11-7-25-44-29-37/h3-29H,1-2H3. The van der Waals surface area contributed by atoms with E-state index >= 15 is 0 Å². The van der Waals surface area contributed by atoms with Gasteiger partial charge in [-0.3, -0.25) is 9.97 Å². The molecule has 0 aliphatic rings. The summed E-state index contributed by atoms with van der Waals surface area (Å²) in [6.07, 6.45) is 7.42. The lowest BCUT2D eigenvalue weighted by Gasteiger charge is -2.26. The van der Waals surface area contributed by atoms with Crippen LogP contribution < -0.4 is 4.90 Å². The molecule has 0 spiro atoms. The van der Waals surface area contributed by atoms with Crippen LogP contribution in [-0.4, -0.2) is 9.97 Å². The molecule has 2 heterocycles. The number of benzene rings is 5.